The van der Waals surface area contributed by atoms with Gasteiger partial charge >= 0.3 is 12.2 Å². The molecule has 0 unspecified atom stereocenters. The average Bonchev–Trinajstić information content (AvgIpc) is 3.06. The van der Waals surface area contributed by atoms with Crippen molar-refractivity contribution < 1.29 is 31.5 Å². The maximum absolute atomic E-state index is 14.5. The molecule has 0 fully saturated rings. The number of thioether (sulfide) groups is 1. The van der Waals surface area contributed by atoms with Crippen LogP contribution in [0.15, 0.2) is 95.3 Å². The first kappa shape index (κ1) is 34.2. The van der Waals surface area contributed by atoms with E-state index in [-0.39, 0.29) is 42.8 Å². The Hall–Kier alpha value is -5.11. The third-order valence-corrected chi connectivity index (χ3v) is 8.34. The van der Waals surface area contributed by atoms with Gasteiger partial charge < -0.3 is 14.2 Å². The van der Waals surface area contributed by atoms with Crippen LogP contribution in [0.3, 0.4) is 0 Å². The minimum absolute atomic E-state index is 0.0207. The number of carbonyl (C=O) groups is 1. The molecule has 5 rings (SSSR count). The highest BCUT2D eigenvalue weighted by atomic mass is 32.2. The molecule has 248 valence electrons. The fourth-order valence-electron chi connectivity index (χ4n) is 4.70. The molecule has 0 saturated carbocycles. The van der Waals surface area contributed by atoms with Crippen LogP contribution in [-0.4, -0.2) is 44.5 Å². The van der Waals surface area contributed by atoms with Crippen LogP contribution in [0.1, 0.15) is 27.8 Å². The molecule has 2 heterocycles. The van der Waals surface area contributed by atoms with Gasteiger partial charge in [-0.15, -0.1) is 0 Å². The average molecular weight is 682 g/mol. The zero-order valence-corrected chi connectivity index (χ0v) is 26.5. The smallest absolute Gasteiger partial charge is 0.416 e. The molecule has 0 aliphatic heterocycles. The molecule has 0 N–H and O–H groups in total. The molecular weight excluding hydrogens is 653 g/mol. The molecule has 5 aromatic rings. The normalized spacial score (nSPS) is 11.4. The summed E-state index contributed by atoms with van der Waals surface area (Å²) in [5, 5.41) is 0.295. The summed E-state index contributed by atoms with van der Waals surface area (Å²) in [6.45, 7) is 0.0207. The summed E-state index contributed by atoms with van der Waals surface area (Å²) >= 11 is 1.22. The van der Waals surface area contributed by atoms with Crippen LogP contribution in [0.2, 0.25) is 0 Å². The van der Waals surface area contributed by atoms with Crippen molar-refractivity contribution in [1.29, 1.82) is 0 Å². The molecule has 1 amide bonds. The van der Waals surface area contributed by atoms with Crippen molar-refractivity contribution in [2.75, 3.05) is 14.2 Å². The van der Waals surface area contributed by atoms with E-state index in [0.717, 1.165) is 17.7 Å². The number of hydrogen-bond donors (Lipinski definition) is 0. The SMILES string of the molecule is COc1ncc(Cc2cn(CC(=O)N(C)Cc3ccc(-c4ccc(C(F)(F)F)cc4F)cc3)c(SCc3ccc(F)cc3)nc2=O)cn1. The van der Waals surface area contributed by atoms with Crippen molar-refractivity contribution in [2.24, 2.45) is 0 Å². The van der Waals surface area contributed by atoms with Gasteiger partial charge in [0, 0.05) is 55.5 Å². The Kier molecular flexibility index (Phi) is 10.5. The minimum Gasteiger partial charge on any atom is -0.467 e. The molecule has 0 radical (unpaired) electrons. The zero-order chi connectivity index (χ0) is 34.4. The van der Waals surface area contributed by atoms with Gasteiger partial charge in [-0.2, -0.15) is 18.2 Å². The Labute approximate surface area is 276 Å². The number of rotatable bonds is 11. The Morgan fingerprint density at radius 2 is 1.60 bits per heavy atom. The number of alkyl halides is 3. The van der Waals surface area contributed by atoms with Gasteiger partial charge in [-0.25, -0.2) is 18.7 Å². The molecule has 8 nitrogen and oxygen atoms in total. The lowest BCUT2D eigenvalue weighted by Gasteiger charge is -2.20. The van der Waals surface area contributed by atoms with Gasteiger partial charge in [0.25, 0.3) is 5.56 Å². The number of hydrogen-bond acceptors (Lipinski definition) is 7. The number of carbonyl (C=O) groups excluding carboxylic acids is 1. The molecule has 14 heteroatoms. The van der Waals surface area contributed by atoms with Crippen LogP contribution < -0.4 is 10.3 Å². The Morgan fingerprint density at radius 3 is 2.23 bits per heavy atom. The summed E-state index contributed by atoms with van der Waals surface area (Å²) in [6.07, 6.45) is 0.146. The maximum atomic E-state index is 14.5. The third-order valence-electron chi connectivity index (χ3n) is 7.28. The molecule has 0 bridgehead atoms. The van der Waals surface area contributed by atoms with E-state index in [1.807, 2.05) is 0 Å². The van der Waals surface area contributed by atoms with E-state index < -0.39 is 23.1 Å². The van der Waals surface area contributed by atoms with E-state index in [1.165, 1.54) is 48.3 Å². The van der Waals surface area contributed by atoms with Crippen LogP contribution in [0.5, 0.6) is 6.01 Å². The Bertz CT molecular complexity index is 1950. The highest BCUT2D eigenvalue weighted by Gasteiger charge is 2.31. The van der Waals surface area contributed by atoms with Gasteiger partial charge in [0.2, 0.25) is 5.91 Å². The molecule has 2 aromatic heterocycles. The number of halogens is 5. The zero-order valence-electron chi connectivity index (χ0n) is 25.7. The largest absolute Gasteiger partial charge is 0.467 e. The van der Waals surface area contributed by atoms with Crippen molar-refractivity contribution >= 4 is 17.7 Å². The standard InChI is InChI=1S/C34H28F5N5O3S/c1-43(17-21-3-7-24(8-4-21)28-12-9-26(14-29(28)36)34(37,38)39)30(45)19-44-18-25(13-23-15-40-32(47-2)41-16-23)31(46)42-33(44)48-20-22-5-10-27(35)11-6-22/h3-12,14-16,18H,13,17,19-20H2,1-2H3. The van der Waals surface area contributed by atoms with Gasteiger partial charge in [0.05, 0.1) is 12.7 Å². The first-order valence-corrected chi connectivity index (χ1v) is 15.4. The fourth-order valence-corrected chi connectivity index (χ4v) is 5.62. The fraction of sp³-hybridized carbons (Fsp3) is 0.206. The van der Waals surface area contributed by atoms with Crippen molar-refractivity contribution in [3.63, 3.8) is 0 Å². The second-order valence-electron chi connectivity index (χ2n) is 10.8. The van der Waals surface area contributed by atoms with E-state index in [4.69, 9.17) is 4.74 Å². The predicted octanol–water partition coefficient (Wildman–Crippen LogP) is 6.55. The van der Waals surface area contributed by atoms with E-state index in [1.54, 1.807) is 54.2 Å². The topological polar surface area (TPSA) is 90.2 Å². The number of nitrogens with zero attached hydrogens (tertiary/aromatic N) is 5. The van der Waals surface area contributed by atoms with Gasteiger partial charge in [-0.3, -0.25) is 9.59 Å². The summed E-state index contributed by atoms with van der Waals surface area (Å²) in [6, 6.07) is 14.9. The first-order chi connectivity index (χ1) is 22.9. The Morgan fingerprint density at radius 1 is 0.938 bits per heavy atom. The summed E-state index contributed by atoms with van der Waals surface area (Å²) in [5.41, 5.74) is 1.30. The number of methoxy groups -OCH3 is 1. The van der Waals surface area contributed by atoms with E-state index >= 15 is 0 Å². The van der Waals surface area contributed by atoms with Crippen LogP contribution in [0.25, 0.3) is 11.1 Å². The van der Waals surface area contributed by atoms with E-state index in [9.17, 15) is 31.5 Å². The first-order valence-electron chi connectivity index (χ1n) is 14.4. The van der Waals surface area contributed by atoms with Crippen LogP contribution in [-0.2, 0) is 36.2 Å². The predicted molar refractivity (Wildman–Crippen MR) is 169 cm³/mol. The van der Waals surface area contributed by atoms with Crippen LogP contribution in [0.4, 0.5) is 22.0 Å². The Balaban J connectivity index is 1.32. The van der Waals surface area contributed by atoms with Gasteiger partial charge in [-0.05, 0) is 46.5 Å². The van der Waals surface area contributed by atoms with Crippen molar-refractivity contribution in [3.05, 3.63) is 135 Å². The second kappa shape index (κ2) is 14.8. The number of benzene rings is 3. The molecule has 0 aliphatic carbocycles. The summed E-state index contributed by atoms with van der Waals surface area (Å²) < 4.78 is 73.3. The lowest BCUT2D eigenvalue weighted by molar-refractivity contribution is -0.137. The highest BCUT2D eigenvalue weighted by molar-refractivity contribution is 7.98. The maximum Gasteiger partial charge on any atom is 0.416 e. The van der Waals surface area contributed by atoms with E-state index in [0.29, 0.717) is 39.2 Å². The molecule has 0 spiro atoms. The second-order valence-corrected chi connectivity index (χ2v) is 11.7. The van der Waals surface area contributed by atoms with Crippen molar-refractivity contribution in [2.45, 2.75) is 36.6 Å². The summed E-state index contributed by atoms with van der Waals surface area (Å²) in [5.74, 6) is -1.30. The number of amides is 1. The lowest BCUT2D eigenvalue weighted by atomic mass is 10.0. The summed E-state index contributed by atoms with van der Waals surface area (Å²) in [7, 11) is 3.04. The monoisotopic (exact) mass is 681 g/mol. The van der Waals surface area contributed by atoms with Crippen LogP contribution >= 0.6 is 11.8 Å². The molecule has 0 saturated heterocycles. The van der Waals surface area contributed by atoms with Gasteiger partial charge in [0.15, 0.2) is 5.16 Å². The quantitative estimate of drug-likeness (QED) is 0.0888. The summed E-state index contributed by atoms with van der Waals surface area (Å²) in [4.78, 5) is 40.3. The molecule has 3 aromatic carbocycles. The number of ether oxygens (including phenoxy) is 1. The lowest BCUT2D eigenvalue weighted by Crippen LogP contribution is -2.31. The van der Waals surface area contributed by atoms with Crippen molar-refractivity contribution in [1.82, 2.24) is 24.4 Å². The van der Waals surface area contributed by atoms with Gasteiger partial charge in [-0.1, -0.05) is 54.2 Å². The van der Waals surface area contributed by atoms with Crippen molar-refractivity contribution in [3.8, 4) is 17.1 Å². The highest BCUT2D eigenvalue weighted by Crippen LogP contribution is 2.33. The number of likely N-dealkylation sites (N-methyl/N-ethyl adjacent to an activating group) is 1. The molecule has 0 atom stereocenters. The molecule has 0 aliphatic rings. The third kappa shape index (κ3) is 8.62. The number of aromatic nitrogens is 4. The molecule has 48 heavy (non-hydrogen) atoms. The minimum atomic E-state index is -4.65. The van der Waals surface area contributed by atoms with Crippen LogP contribution in [0, 0.1) is 11.6 Å². The van der Waals surface area contributed by atoms with Gasteiger partial charge in [0.1, 0.15) is 18.2 Å². The molecular formula is C34H28F5N5O3S. The van der Waals surface area contributed by atoms with E-state index in [2.05, 4.69) is 15.0 Å².